The molecule has 1 aromatic heterocycles. The van der Waals surface area contributed by atoms with Crippen LogP contribution in [0.15, 0.2) is 17.2 Å². The molecule has 0 bridgehead atoms. The van der Waals surface area contributed by atoms with Crippen LogP contribution in [0.4, 0.5) is 10.5 Å². The molecule has 0 spiro atoms. The number of aromatic nitrogens is 2. The highest BCUT2D eigenvalue weighted by Gasteiger charge is 2.31. The minimum absolute atomic E-state index is 0.0751. The van der Waals surface area contributed by atoms with Gasteiger partial charge in [-0.3, -0.25) is 0 Å². The quantitative estimate of drug-likeness (QED) is 0.670. The maximum atomic E-state index is 12.8. The molecule has 1 unspecified atom stereocenters. The van der Waals surface area contributed by atoms with Gasteiger partial charge in [0.25, 0.3) is 10.0 Å². The molecule has 1 aromatic carbocycles. The van der Waals surface area contributed by atoms with Gasteiger partial charge in [0.1, 0.15) is 0 Å². The van der Waals surface area contributed by atoms with E-state index < -0.39 is 16.1 Å². The molecule has 1 atom stereocenters. The zero-order valence-corrected chi connectivity index (χ0v) is 17.4. The fourth-order valence-corrected chi connectivity index (χ4v) is 5.78. The monoisotopic (exact) mass is 431 g/mol. The summed E-state index contributed by atoms with van der Waals surface area (Å²) in [4.78, 5) is 12.5. The van der Waals surface area contributed by atoms with Crippen molar-refractivity contribution in [2.75, 3.05) is 18.5 Å². The Morgan fingerprint density at radius 3 is 2.80 bits per heavy atom. The first-order valence-corrected chi connectivity index (χ1v) is 11.8. The van der Waals surface area contributed by atoms with Gasteiger partial charge in [-0.05, 0) is 66.8 Å². The summed E-state index contributed by atoms with van der Waals surface area (Å²) in [5, 5.41) is 6.86. The molecule has 30 heavy (non-hydrogen) atoms. The van der Waals surface area contributed by atoms with Crippen molar-refractivity contribution < 1.29 is 17.9 Å². The van der Waals surface area contributed by atoms with E-state index in [0.717, 1.165) is 49.8 Å². The third-order valence-corrected chi connectivity index (χ3v) is 7.54. The second-order valence-electron chi connectivity index (χ2n) is 8.19. The van der Waals surface area contributed by atoms with Crippen LogP contribution in [0.2, 0.25) is 0 Å². The van der Waals surface area contributed by atoms with Crippen molar-refractivity contribution in [2.45, 2.75) is 50.0 Å². The van der Waals surface area contributed by atoms with Crippen molar-refractivity contribution in [1.29, 1.82) is 0 Å². The number of nitrogens with two attached hydrogens (primary N) is 1. The standard InChI is InChI=1S/C20H25N5O4S/c21-8-12-10-25-19(29-11-12)18(9-22-25)30(27,28)24-20(26)23-17-7-13-3-1-4-14(13)15-5-2-6-16(15)17/h7,9,12H,1-6,8,10-11,21H2,(H2,23,24,26). The van der Waals surface area contributed by atoms with E-state index in [2.05, 4.69) is 15.1 Å². The van der Waals surface area contributed by atoms with Crippen molar-refractivity contribution in [3.8, 4) is 5.88 Å². The van der Waals surface area contributed by atoms with Crippen molar-refractivity contribution in [1.82, 2.24) is 14.5 Å². The number of fused-ring (bicyclic) bond motifs is 4. The van der Waals surface area contributed by atoms with E-state index in [1.807, 2.05) is 6.07 Å². The van der Waals surface area contributed by atoms with Gasteiger partial charge in [0.05, 0.1) is 19.3 Å². The smallest absolute Gasteiger partial charge is 0.333 e. The summed E-state index contributed by atoms with van der Waals surface area (Å²) < 4.78 is 34.8. The Bertz CT molecular complexity index is 1120. The molecule has 10 heteroatoms. The van der Waals surface area contributed by atoms with Gasteiger partial charge < -0.3 is 15.8 Å². The molecule has 9 nitrogen and oxygen atoms in total. The second kappa shape index (κ2) is 7.28. The number of ether oxygens (including phenoxy) is 1. The van der Waals surface area contributed by atoms with E-state index in [4.69, 9.17) is 10.5 Å². The number of nitrogens with one attached hydrogen (secondary N) is 2. The Balaban J connectivity index is 1.36. The van der Waals surface area contributed by atoms with Crippen LogP contribution in [0.25, 0.3) is 0 Å². The largest absolute Gasteiger partial charge is 0.476 e. The number of nitrogens with zero attached hydrogens (tertiary/aromatic N) is 2. The van der Waals surface area contributed by atoms with Crippen LogP contribution < -0.4 is 20.5 Å². The number of urea groups is 1. The first-order chi connectivity index (χ1) is 14.5. The summed E-state index contributed by atoms with van der Waals surface area (Å²) in [7, 11) is -4.13. The van der Waals surface area contributed by atoms with Crippen molar-refractivity contribution in [3.63, 3.8) is 0 Å². The number of benzene rings is 1. The molecule has 0 radical (unpaired) electrons. The highest BCUT2D eigenvalue weighted by atomic mass is 32.2. The Kier molecular flexibility index (Phi) is 4.70. The predicted molar refractivity (Wildman–Crippen MR) is 110 cm³/mol. The van der Waals surface area contributed by atoms with E-state index in [-0.39, 0.29) is 16.7 Å². The maximum absolute atomic E-state index is 12.8. The Hall–Kier alpha value is -2.59. The number of anilines is 1. The van der Waals surface area contributed by atoms with Gasteiger partial charge in [0, 0.05) is 18.2 Å². The van der Waals surface area contributed by atoms with Crippen LogP contribution in [0.5, 0.6) is 5.88 Å². The van der Waals surface area contributed by atoms with Crippen LogP contribution >= 0.6 is 0 Å². The van der Waals surface area contributed by atoms with Crippen LogP contribution in [0.3, 0.4) is 0 Å². The summed E-state index contributed by atoms with van der Waals surface area (Å²) in [6, 6.07) is 1.23. The Morgan fingerprint density at radius 1 is 1.20 bits per heavy atom. The topological polar surface area (TPSA) is 128 Å². The van der Waals surface area contributed by atoms with Gasteiger partial charge in [0.2, 0.25) is 5.88 Å². The lowest BCUT2D eigenvalue weighted by atomic mass is 9.98. The number of hydrogen-bond donors (Lipinski definition) is 3. The normalized spacial score (nSPS) is 19.6. The molecule has 2 heterocycles. The molecule has 3 aliphatic rings. The number of hydrogen-bond acceptors (Lipinski definition) is 6. The van der Waals surface area contributed by atoms with E-state index in [9.17, 15) is 13.2 Å². The molecule has 2 amide bonds. The summed E-state index contributed by atoms with van der Waals surface area (Å²) >= 11 is 0. The van der Waals surface area contributed by atoms with Gasteiger partial charge in [0.15, 0.2) is 4.90 Å². The zero-order chi connectivity index (χ0) is 20.9. The lowest BCUT2D eigenvalue weighted by molar-refractivity contribution is 0.164. The summed E-state index contributed by atoms with van der Waals surface area (Å²) in [5.74, 6) is 0.213. The average Bonchev–Trinajstić information content (AvgIpc) is 3.44. The van der Waals surface area contributed by atoms with Gasteiger partial charge in [-0.15, -0.1) is 0 Å². The molecule has 0 saturated heterocycles. The minimum Gasteiger partial charge on any atom is -0.476 e. The number of aryl methyl sites for hydroxylation is 1. The SMILES string of the molecule is NCC1COc2c(S(=O)(=O)NC(=O)Nc3cc4c(c5c3CCC5)CCC4)cnn2C1. The van der Waals surface area contributed by atoms with Crippen molar-refractivity contribution in [2.24, 2.45) is 11.7 Å². The van der Waals surface area contributed by atoms with Gasteiger partial charge in [-0.2, -0.15) is 5.10 Å². The molecule has 2 aromatic rings. The number of rotatable bonds is 4. The van der Waals surface area contributed by atoms with E-state index in [1.54, 1.807) is 0 Å². The third kappa shape index (κ3) is 3.24. The molecule has 0 saturated carbocycles. The average molecular weight is 432 g/mol. The number of amides is 2. The molecule has 4 N–H and O–H groups in total. The first kappa shape index (κ1) is 19.4. The van der Waals surface area contributed by atoms with E-state index in [0.29, 0.717) is 19.7 Å². The third-order valence-electron chi connectivity index (χ3n) is 6.23. The Morgan fingerprint density at radius 2 is 1.97 bits per heavy atom. The molecular formula is C20H25N5O4S. The van der Waals surface area contributed by atoms with Gasteiger partial charge in [-0.25, -0.2) is 22.6 Å². The van der Waals surface area contributed by atoms with Crippen LogP contribution in [-0.2, 0) is 42.3 Å². The minimum atomic E-state index is -4.13. The number of sulfonamides is 1. The molecule has 160 valence electrons. The summed E-state index contributed by atoms with van der Waals surface area (Å²) in [5.41, 5.74) is 11.6. The summed E-state index contributed by atoms with van der Waals surface area (Å²) in [6.45, 7) is 1.22. The second-order valence-corrected chi connectivity index (χ2v) is 9.85. The predicted octanol–water partition coefficient (Wildman–Crippen LogP) is 1.34. The maximum Gasteiger partial charge on any atom is 0.333 e. The van der Waals surface area contributed by atoms with Crippen LogP contribution in [0.1, 0.15) is 35.1 Å². The molecule has 5 rings (SSSR count). The van der Waals surface area contributed by atoms with E-state index in [1.165, 1.54) is 27.6 Å². The summed E-state index contributed by atoms with van der Waals surface area (Å²) in [6.07, 6.45) is 7.41. The number of carbonyl (C=O) groups is 1. The van der Waals surface area contributed by atoms with Crippen LogP contribution in [-0.4, -0.2) is 37.4 Å². The Labute approximate surface area is 175 Å². The molecule has 2 aliphatic carbocycles. The van der Waals surface area contributed by atoms with Gasteiger partial charge in [-0.1, -0.05) is 0 Å². The lowest BCUT2D eigenvalue weighted by Gasteiger charge is -2.23. The first-order valence-electron chi connectivity index (χ1n) is 10.3. The van der Waals surface area contributed by atoms with Gasteiger partial charge >= 0.3 is 6.03 Å². The van der Waals surface area contributed by atoms with E-state index >= 15 is 0 Å². The number of carbonyl (C=O) groups excluding carboxylic acids is 1. The lowest BCUT2D eigenvalue weighted by Crippen LogP contribution is -2.36. The molecule has 1 aliphatic heterocycles. The highest BCUT2D eigenvalue weighted by molar-refractivity contribution is 7.90. The zero-order valence-electron chi connectivity index (χ0n) is 16.6. The molecule has 0 fully saturated rings. The highest BCUT2D eigenvalue weighted by Crippen LogP contribution is 2.38. The fourth-order valence-electron chi connectivity index (χ4n) is 4.80. The molecular weight excluding hydrogens is 406 g/mol. The van der Waals surface area contributed by atoms with Crippen molar-refractivity contribution >= 4 is 21.7 Å². The van der Waals surface area contributed by atoms with Crippen LogP contribution in [0, 0.1) is 5.92 Å². The van der Waals surface area contributed by atoms with Crippen molar-refractivity contribution in [3.05, 3.63) is 34.5 Å². The fraction of sp³-hybridized carbons (Fsp3) is 0.500.